The van der Waals surface area contributed by atoms with Gasteiger partial charge in [0.1, 0.15) is 0 Å². The van der Waals surface area contributed by atoms with Crippen molar-refractivity contribution in [3.05, 3.63) is 24.3 Å². The van der Waals surface area contributed by atoms with Gasteiger partial charge in [0.25, 0.3) is 0 Å². The molecule has 0 fully saturated rings. The van der Waals surface area contributed by atoms with Crippen LogP contribution in [0.1, 0.15) is 79.1 Å². The summed E-state index contributed by atoms with van der Waals surface area (Å²) in [6.45, 7) is 10.0. The summed E-state index contributed by atoms with van der Waals surface area (Å²) in [5.41, 5.74) is 0. The maximum atomic E-state index is 12.1. The third-order valence-corrected chi connectivity index (χ3v) is 4.68. The summed E-state index contributed by atoms with van der Waals surface area (Å²) in [7, 11) is 0. The van der Waals surface area contributed by atoms with Gasteiger partial charge in [-0.2, -0.15) is 0 Å². The van der Waals surface area contributed by atoms with E-state index in [4.69, 9.17) is 0 Å². The minimum Gasteiger partial charge on any atom is -0.395 e. The second-order valence-corrected chi connectivity index (χ2v) is 8.06. The van der Waals surface area contributed by atoms with Crippen LogP contribution in [-0.4, -0.2) is 60.1 Å². The summed E-state index contributed by atoms with van der Waals surface area (Å²) >= 11 is 0. The average Bonchev–Trinajstić information content (AvgIpc) is 2.67. The van der Waals surface area contributed by atoms with Crippen molar-refractivity contribution in [3.63, 3.8) is 0 Å². The molecule has 2 atom stereocenters. The predicted molar refractivity (Wildman–Crippen MR) is 125 cm³/mol. The Balaban J connectivity index is 4.30. The lowest BCUT2D eigenvalue weighted by Gasteiger charge is -2.28. The predicted octanol–water partition coefficient (Wildman–Crippen LogP) is 3.56. The molecule has 2 unspecified atom stereocenters. The van der Waals surface area contributed by atoms with Crippen LogP contribution < -0.4 is 10.6 Å². The minimum absolute atomic E-state index is 0.00964. The molecule has 0 saturated carbocycles. The zero-order valence-corrected chi connectivity index (χ0v) is 19.7. The number of aliphatic hydroxyl groups excluding tert-OH is 1. The van der Waals surface area contributed by atoms with Gasteiger partial charge in [-0.15, -0.1) is 0 Å². The molecular weight excluding hydrogens is 378 g/mol. The standard InChI is InChI=1S/C24H45N3O3/c1-5-7-9-11-13-15-23(29)25-21(3)19-27(17-18-28)20-22(4)26-24(30)16-14-12-10-8-6-2/h11-14,21-22,28H,5-10,15-20H2,1-4H3,(H,25,29)(H,26,30)/b13-11+,14-12+. The SMILES string of the molecule is CCCC/C=C/CC(=O)NC(C)CN(CCO)CC(C)NC(=O)C/C=C/CCCC. The third kappa shape index (κ3) is 17.2. The van der Waals surface area contributed by atoms with E-state index >= 15 is 0 Å². The van der Waals surface area contributed by atoms with Crippen molar-refractivity contribution in [1.82, 2.24) is 15.5 Å². The van der Waals surface area contributed by atoms with Crippen LogP contribution in [0.5, 0.6) is 0 Å². The molecule has 30 heavy (non-hydrogen) atoms. The van der Waals surface area contributed by atoms with E-state index in [1.807, 2.05) is 26.0 Å². The Kier molecular flexibility index (Phi) is 18.2. The molecule has 0 heterocycles. The molecule has 0 aromatic heterocycles. The first-order valence-electron chi connectivity index (χ1n) is 11.6. The van der Waals surface area contributed by atoms with Crippen LogP contribution in [0.4, 0.5) is 0 Å². The van der Waals surface area contributed by atoms with Gasteiger partial charge >= 0.3 is 0 Å². The molecule has 0 rings (SSSR count). The lowest BCUT2D eigenvalue weighted by molar-refractivity contribution is -0.121. The fraction of sp³-hybridized carbons (Fsp3) is 0.750. The van der Waals surface area contributed by atoms with E-state index in [9.17, 15) is 14.7 Å². The van der Waals surface area contributed by atoms with E-state index in [-0.39, 0.29) is 30.5 Å². The number of allylic oxidation sites excluding steroid dienone is 2. The highest BCUT2D eigenvalue weighted by atomic mass is 16.3. The van der Waals surface area contributed by atoms with E-state index in [1.54, 1.807) is 0 Å². The molecule has 0 saturated heterocycles. The molecule has 0 aliphatic rings. The smallest absolute Gasteiger partial charge is 0.224 e. The number of hydrogen-bond acceptors (Lipinski definition) is 4. The van der Waals surface area contributed by atoms with Gasteiger partial charge in [-0.05, 0) is 26.7 Å². The number of carbonyl (C=O) groups is 2. The molecule has 6 heteroatoms. The third-order valence-electron chi connectivity index (χ3n) is 4.68. The molecule has 0 spiro atoms. The maximum Gasteiger partial charge on any atom is 0.224 e. The largest absolute Gasteiger partial charge is 0.395 e. The lowest BCUT2D eigenvalue weighted by atomic mass is 10.2. The summed E-state index contributed by atoms with van der Waals surface area (Å²) < 4.78 is 0. The van der Waals surface area contributed by atoms with Gasteiger partial charge in [0, 0.05) is 44.6 Å². The molecule has 0 aliphatic heterocycles. The van der Waals surface area contributed by atoms with Crippen LogP contribution in [0, 0.1) is 0 Å². The molecule has 0 aromatic rings. The molecule has 3 N–H and O–H groups in total. The second-order valence-electron chi connectivity index (χ2n) is 8.06. The van der Waals surface area contributed by atoms with E-state index in [0.29, 0.717) is 32.5 Å². The summed E-state index contributed by atoms with van der Waals surface area (Å²) in [6, 6.07) is -0.0602. The number of unbranched alkanes of at least 4 members (excludes halogenated alkanes) is 4. The van der Waals surface area contributed by atoms with Crippen molar-refractivity contribution in [2.75, 3.05) is 26.2 Å². The van der Waals surface area contributed by atoms with E-state index in [0.717, 1.165) is 38.5 Å². The molecule has 2 amide bonds. The molecule has 6 nitrogen and oxygen atoms in total. The van der Waals surface area contributed by atoms with Gasteiger partial charge < -0.3 is 15.7 Å². The van der Waals surface area contributed by atoms with Gasteiger partial charge in [-0.25, -0.2) is 0 Å². The zero-order chi connectivity index (χ0) is 22.6. The monoisotopic (exact) mass is 423 g/mol. The Morgan fingerprint density at radius 1 is 0.833 bits per heavy atom. The fourth-order valence-corrected chi connectivity index (χ4v) is 3.19. The molecule has 0 aliphatic carbocycles. The van der Waals surface area contributed by atoms with E-state index in [2.05, 4.69) is 41.5 Å². The van der Waals surface area contributed by atoms with Crippen molar-refractivity contribution in [3.8, 4) is 0 Å². The normalized spacial score (nSPS) is 13.8. The van der Waals surface area contributed by atoms with Crippen LogP contribution in [0.15, 0.2) is 24.3 Å². The quantitative estimate of drug-likeness (QED) is 0.233. The topological polar surface area (TPSA) is 81.7 Å². The highest BCUT2D eigenvalue weighted by Crippen LogP contribution is 2.00. The average molecular weight is 424 g/mol. The van der Waals surface area contributed by atoms with Crippen molar-refractivity contribution in [1.29, 1.82) is 0 Å². The maximum absolute atomic E-state index is 12.1. The Morgan fingerprint density at radius 2 is 1.27 bits per heavy atom. The van der Waals surface area contributed by atoms with Crippen LogP contribution in [0.3, 0.4) is 0 Å². The van der Waals surface area contributed by atoms with Gasteiger partial charge in [-0.3, -0.25) is 14.5 Å². The van der Waals surface area contributed by atoms with E-state index < -0.39 is 0 Å². The Labute approximate surface area is 184 Å². The van der Waals surface area contributed by atoms with Crippen molar-refractivity contribution in [2.45, 2.75) is 91.1 Å². The lowest BCUT2D eigenvalue weighted by Crippen LogP contribution is -2.48. The second kappa shape index (κ2) is 19.3. The summed E-state index contributed by atoms with van der Waals surface area (Å²) in [5, 5.41) is 15.4. The van der Waals surface area contributed by atoms with Gasteiger partial charge in [0.2, 0.25) is 11.8 Å². The highest BCUT2D eigenvalue weighted by molar-refractivity contribution is 5.78. The first kappa shape index (κ1) is 28.3. The molecule has 0 bridgehead atoms. The van der Waals surface area contributed by atoms with Crippen molar-refractivity contribution in [2.24, 2.45) is 0 Å². The van der Waals surface area contributed by atoms with Gasteiger partial charge in [0.05, 0.1) is 6.61 Å². The number of nitrogens with one attached hydrogen (secondary N) is 2. The highest BCUT2D eigenvalue weighted by Gasteiger charge is 2.15. The summed E-state index contributed by atoms with van der Waals surface area (Å²) in [5.74, 6) is 0.0193. The van der Waals surface area contributed by atoms with Crippen molar-refractivity contribution >= 4 is 11.8 Å². The number of rotatable bonds is 18. The van der Waals surface area contributed by atoms with Crippen LogP contribution in [0.25, 0.3) is 0 Å². The number of aliphatic hydroxyl groups is 1. The van der Waals surface area contributed by atoms with Gasteiger partial charge in [0.15, 0.2) is 0 Å². The molecule has 174 valence electrons. The van der Waals surface area contributed by atoms with Crippen LogP contribution in [0.2, 0.25) is 0 Å². The number of nitrogens with zero attached hydrogens (tertiary/aromatic N) is 1. The first-order valence-corrected chi connectivity index (χ1v) is 11.6. The summed E-state index contributed by atoms with van der Waals surface area (Å²) in [4.78, 5) is 26.2. The van der Waals surface area contributed by atoms with Crippen LogP contribution >= 0.6 is 0 Å². The summed E-state index contributed by atoms with van der Waals surface area (Å²) in [6.07, 6.45) is 15.4. The number of carbonyl (C=O) groups excluding carboxylic acids is 2. The fourth-order valence-electron chi connectivity index (χ4n) is 3.19. The minimum atomic E-state index is -0.0301. The van der Waals surface area contributed by atoms with Crippen molar-refractivity contribution < 1.29 is 14.7 Å². The van der Waals surface area contributed by atoms with Gasteiger partial charge in [-0.1, -0.05) is 63.8 Å². The Hall–Kier alpha value is -1.66. The zero-order valence-electron chi connectivity index (χ0n) is 19.7. The van der Waals surface area contributed by atoms with E-state index in [1.165, 1.54) is 0 Å². The Bertz CT molecular complexity index is 464. The van der Waals surface area contributed by atoms with Crippen LogP contribution in [-0.2, 0) is 9.59 Å². The first-order chi connectivity index (χ1) is 14.4. The molecule has 0 radical (unpaired) electrons. The molecular formula is C24H45N3O3. The number of amides is 2. The molecule has 0 aromatic carbocycles. The Morgan fingerprint density at radius 3 is 1.63 bits per heavy atom. The number of hydrogen-bond donors (Lipinski definition) is 3.